The summed E-state index contributed by atoms with van der Waals surface area (Å²) in [6.45, 7) is 1.50. The second kappa shape index (κ2) is 5.14. The summed E-state index contributed by atoms with van der Waals surface area (Å²) in [5, 5.41) is 2.69. The van der Waals surface area contributed by atoms with Gasteiger partial charge in [0.05, 0.1) is 6.54 Å². The van der Waals surface area contributed by atoms with E-state index in [-0.39, 0.29) is 18.4 Å². The van der Waals surface area contributed by atoms with Gasteiger partial charge in [-0.05, 0) is 12.1 Å². The number of nitrogens with zero attached hydrogens (tertiary/aromatic N) is 1. The Hall–Kier alpha value is -1.84. The topological polar surface area (TPSA) is 49.4 Å². The first-order valence-electron chi connectivity index (χ1n) is 4.66. The number of para-hydroxylation sites is 1. The van der Waals surface area contributed by atoms with Crippen LogP contribution in [0.2, 0.25) is 0 Å². The van der Waals surface area contributed by atoms with Crippen molar-refractivity contribution >= 4 is 17.5 Å². The number of nitrogens with one attached hydrogen (secondary N) is 1. The van der Waals surface area contributed by atoms with Gasteiger partial charge in [0.1, 0.15) is 0 Å². The highest BCUT2D eigenvalue weighted by atomic mass is 16.2. The predicted octanol–water partition coefficient (Wildman–Crippen LogP) is 1.10. The maximum absolute atomic E-state index is 11.4. The predicted molar refractivity (Wildman–Crippen MR) is 58.4 cm³/mol. The van der Waals surface area contributed by atoms with Gasteiger partial charge in [-0.2, -0.15) is 0 Å². The molecule has 4 heteroatoms. The first-order chi connectivity index (χ1) is 7.09. The van der Waals surface area contributed by atoms with Gasteiger partial charge in [0.25, 0.3) is 0 Å². The van der Waals surface area contributed by atoms with Crippen LogP contribution < -0.4 is 5.32 Å². The average molecular weight is 206 g/mol. The van der Waals surface area contributed by atoms with Crippen molar-refractivity contribution in [3.05, 3.63) is 30.3 Å². The smallest absolute Gasteiger partial charge is 0.243 e. The zero-order valence-electron chi connectivity index (χ0n) is 8.86. The molecule has 2 amide bonds. The van der Waals surface area contributed by atoms with Crippen LogP contribution in [0, 0.1) is 0 Å². The number of benzene rings is 1. The number of hydrogen-bond acceptors (Lipinski definition) is 2. The van der Waals surface area contributed by atoms with Crippen molar-refractivity contribution in [3.8, 4) is 0 Å². The molecule has 0 bridgehead atoms. The van der Waals surface area contributed by atoms with Gasteiger partial charge in [-0.3, -0.25) is 9.59 Å². The summed E-state index contributed by atoms with van der Waals surface area (Å²) in [7, 11) is 1.59. The van der Waals surface area contributed by atoms with E-state index in [9.17, 15) is 9.59 Å². The van der Waals surface area contributed by atoms with E-state index in [1.165, 1.54) is 11.8 Å². The number of carbonyl (C=O) groups excluding carboxylic acids is 2. The molecule has 0 aromatic heterocycles. The van der Waals surface area contributed by atoms with E-state index < -0.39 is 0 Å². The van der Waals surface area contributed by atoms with E-state index in [4.69, 9.17) is 0 Å². The number of rotatable bonds is 3. The molecule has 0 fully saturated rings. The molecule has 0 radical (unpaired) electrons. The Morgan fingerprint density at radius 2 is 1.87 bits per heavy atom. The Labute approximate surface area is 88.9 Å². The molecular formula is C11H14N2O2. The van der Waals surface area contributed by atoms with Crippen LogP contribution in [-0.4, -0.2) is 30.3 Å². The number of anilines is 1. The summed E-state index contributed by atoms with van der Waals surface area (Å²) in [5.74, 6) is -0.322. The Balaban J connectivity index is 2.47. The molecule has 0 aliphatic carbocycles. The maximum atomic E-state index is 11.4. The summed E-state index contributed by atoms with van der Waals surface area (Å²) in [5.41, 5.74) is 0.736. The number of amides is 2. The molecule has 0 saturated carbocycles. The van der Waals surface area contributed by atoms with Gasteiger partial charge in [-0.15, -0.1) is 0 Å². The molecule has 4 nitrogen and oxygen atoms in total. The Kier molecular flexibility index (Phi) is 3.85. The van der Waals surface area contributed by atoms with Crippen LogP contribution in [-0.2, 0) is 9.59 Å². The fourth-order valence-corrected chi connectivity index (χ4v) is 1.05. The van der Waals surface area contributed by atoms with Crippen molar-refractivity contribution in [3.63, 3.8) is 0 Å². The largest absolute Gasteiger partial charge is 0.337 e. The molecule has 0 atom stereocenters. The minimum Gasteiger partial charge on any atom is -0.337 e. The van der Waals surface area contributed by atoms with Crippen molar-refractivity contribution in [2.45, 2.75) is 6.92 Å². The maximum Gasteiger partial charge on any atom is 0.243 e. The number of likely N-dealkylation sites (N-methyl/N-ethyl adjacent to an activating group) is 1. The van der Waals surface area contributed by atoms with Crippen LogP contribution in [0.3, 0.4) is 0 Å². The van der Waals surface area contributed by atoms with E-state index in [1.54, 1.807) is 19.2 Å². The van der Waals surface area contributed by atoms with Crippen LogP contribution in [0.15, 0.2) is 30.3 Å². The van der Waals surface area contributed by atoms with Crippen molar-refractivity contribution < 1.29 is 9.59 Å². The molecule has 0 saturated heterocycles. The van der Waals surface area contributed by atoms with Crippen molar-refractivity contribution in [2.75, 3.05) is 18.9 Å². The van der Waals surface area contributed by atoms with E-state index in [0.29, 0.717) is 0 Å². The summed E-state index contributed by atoms with van der Waals surface area (Å²) in [6, 6.07) is 9.14. The third-order valence-electron chi connectivity index (χ3n) is 1.98. The summed E-state index contributed by atoms with van der Waals surface area (Å²) < 4.78 is 0. The van der Waals surface area contributed by atoms with Gasteiger partial charge >= 0.3 is 0 Å². The van der Waals surface area contributed by atoms with Gasteiger partial charge in [0.15, 0.2) is 0 Å². The average Bonchev–Trinajstić information content (AvgIpc) is 2.18. The lowest BCUT2D eigenvalue weighted by molar-refractivity contribution is -0.131. The standard InChI is InChI=1S/C11H14N2O2/c1-9(14)13(2)8-11(15)12-10-6-4-3-5-7-10/h3-7H,8H2,1-2H3,(H,12,15). The summed E-state index contributed by atoms with van der Waals surface area (Å²) in [6.07, 6.45) is 0. The molecule has 1 N–H and O–H groups in total. The minimum atomic E-state index is -0.195. The zero-order valence-corrected chi connectivity index (χ0v) is 8.86. The molecular weight excluding hydrogens is 192 g/mol. The monoisotopic (exact) mass is 206 g/mol. The van der Waals surface area contributed by atoms with E-state index in [2.05, 4.69) is 5.32 Å². The molecule has 0 aliphatic heterocycles. The normalized spacial score (nSPS) is 9.47. The lowest BCUT2D eigenvalue weighted by Gasteiger charge is -2.14. The zero-order chi connectivity index (χ0) is 11.3. The van der Waals surface area contributed by atoms with Crippen molar-refractivity contribution in [1.29, 1.82) is 0 Å². The lowest BCUT2D eigenvalue weighted by Crippen LogP contribution is -2.33. The second-order valence-corrected chi connectivity index (χ2v) is 3.29. The van der Waals surface area contributed by atoms with Gasteiger partial charge in [0.2, 0.25) is 11.8 Å². The molecule has 1 aromatic carbocycles. The molecule has 1 rings (SSSR count). The summed E-state index contributed by atoms with van der Waals surface area (Å²) >= 11 is 0. The highest BCUT2D eigenvalue weighted by molar-refractivity contribution is 5.94. The quantitative estimate of drug-likeness (QED) is 0.805. The van der Waals surface area contributed by atoms with E-state index in [0.717, 1.165) is 5.69 Å². The van der Waals surface area contributed by atoms with Gasteiger partial charge in [0, 0.05) is 19.7 Å². The highest BCUT2D eigenvalue weighted by Gasteiger charge is 2.08. The molecule has 15 heavy (non-hydrogen) atoms. The van der Waals surface area contributed by atoms with Gasteiger partial charge < -0.3 is 10.2 Å². The van der Waals surface area contributed by atoms with Gasteiger partial charge in [-0.1, -0.05) is 18.2 Å². The molecule has 0 aliphatic rings. The Bertz CT molecular complexity index is 349. The Morgan fingerprint density at radius 1 is 1.27 bits per heavy atom. The van der Waals surface area contributed by atoms with Crippen LogP contribution in [0.5, 0.6) is 0 Å². The van der Waals surface area contributed by atoms with Crippen molar-refractivity contribution in [2.24, 2.45) is 0 Å². The van der Waals surface area contributed by atoms with E-state index in [1.807, 2.05) is 18.2 Å². The first-order valence-corrected chi connectivity index (χ1v) is 4.66. The van der Waals surface area contributed by atoms with Crippen LogP contribution in [0.1, 0.15) is 6.92 Å². The molecule has 1 aromatic rings. The summed E-state index contributed by atoms with van der Waals surface area (Å²) in [4.78, 5) is 23.7. The Morgan fingerprint density at radius 3 is 2.40 bits per heavy atom. The minimum absolute atomic E-state index is 0.0736. The number of carbonyl (C=O) groups is 2. The first kappa shape index (κ1) is 11.2. The lowest BCUT2D eigenvalue weighted by atomic mass is 10.3. The molecule has 0 spiro atoms. The molecule has 0 unspecified atom stereocenters. The van der Waals surface area contributed by atoms with Crippen molar-refractivity contribution in [1.82, 2.24) is 4.90 Å². The van der Waals surface area contributed by atoms with Crippen LogP contribution in [0.4, 0.5) is 5.69 Å². The van der Waals surface area contributed by atoms with Crippen LogP contribution in [0.25, 0.3) is 0 Å². The fourth-order valence-electron chi connectivity index (χ4n) is 1.05. The second-order valence-electron chi connectivity index (χ2n) is 3.29. The molecule has 0 heterocycles. The SMILES string of the molecule is CC(=O)N(C)CC(=O)Nc1ccccc1. The number of hydrogen-bond donors (Lipinski definition) is 1. The van der Waals surface area contributed by atoms with Crippen LogP contribution >= 0.6 is 0 Å². The van der Waals surface area contributed by atoms with Gasteiger partial charge in [-0.25, -0.2) is 0 Å². The van der Waals surface area contributed by atoms with E-state index >= 15 is 0 Å². The third kappa shape index (κ3) is 3.81. The molecule has 80 valence electrons. The highest BCUT2D eigenvalue weighted by Crippen LogP contribution is 2.04. The third-order valence-corrected chi connectivity index (χ3v) is 1.98. The fraction of sp³-hybridized carbons (Fsp3) is 0.273.